The first-order chi connectivity index (χ1) is 15.6. The quantitative estimate of drug-likeness (QED) is 0.197. The molecule has 1 fully saturated rings. The third-order valence-electron chi connectivity index (χ3n) is 5.58. The van der Waals surface area contributed by atoms with Crippen molar-refractivity contribution in [2.75, 3.05) is 18.0 Å². The highest BCUT2D eigenvalue weighted by Gasteiger charge is 2.54. The molecule has 0 bridgehead atoms. The van der Waals surface area contributed by atoms with Crippen LogP contribution in [0.4, 0.5) is 10.5 Å². The number of guanidine groups is 1. The Labute approximate surface area is 211 Å². The lowest BCUT2D eigenvalue weighted by Crippen LogP contribution is -2.49. The van der Waals surface area contributed by atoms with Crippen molar-refractivity contribution in [1.29, 1.82) is 0 Å². The molecule has 4 N–H and O–H groups in total. The fourth-order valence-corrected chi connectivity index (χ4v) is 4.73. The Morgan fingerprint density at radius 2 is 1.67 bits per heavy atom. The Kier molecular flexibility index (Phi) is 8.26. The number of nitrogens with two attached hydrogens (primary N) is 2. The number of hydrogen-bond donors (Lipinski definition) is 2. The average molecular weight is 555 g/mol. The van der Waals surface area contributed by atoms with Crippen LogP contribution in [-0.4, -0.2) is 41.4 Å². The topological polar surface area (TPSA) is 105 Å². The molecule has 0 aromatic heterocycles. The molecule has 0 spiro atoms. The number of imide groups is 1. The highest BCUT2D eigenvalue weighted by Crippen LogP contribution is 2.37. The van der Waals surface area contributed by atoms with Crippen molar-refractivity contribution in [3.63, 3.8) is 0 Å². The van der Waals surface area contributed by atoms with Crippen LogP contribution in [0, 0.1) is 0 Å². The fraction of sp³-hybridized carbons (Fsp3) is 0.348. The van der Waals surface area contributed by atoms with Gasteiger partial charge in [-0.1, -0.05) is 51.3 Å². The lowest BCUT2D eigenvalue weighted by Gasteiger charge is -2.32. The lowest BCUT2D eigenvalue weighted by atomic mass is 9.91. The van der Waals surface area contributed by atoms with Crippen LogP contribution in [0.3, 0.4) is 0 Å². The van der Waals surface area contributed by atoms with Gasteiger partial charge >= 0.3 is 6.03 Å². The summed E-state index contributed by atoms with van der Waals surface area (Å²) in [5.41, 5.74) is 11.0. The van der Waals surface area contributed by atoms with Gasteiger partial charge in [-0.3, -0.25) is 9.79 Å². The molecule has 10 heteroatoms. The van der Waals surface area contributed by atoms with E-state index in [1.807, 2.05) is 24.3 Å². The largest absolute Gasteiger partial charge is 0.370 e. The summed E-state index contributed by atoms with van der Waals surface area (Å²) in [5, 5.41) is 0.705. The van der Waals surface area contributed by atoms with E-state index in [2.05, 4.69) is 20.9 Å². The average Bonchev–Trinajstić information content (AvgIpc) is 2.91. The molecular weight excluding hydrogens is 529 g/mol. The molecule has 1 heterocycles. The van der Waals surface area contributed by atoms with E-state index in [0.717, 1.165) is 22.9 Å². The minimum atomic E-state index is -1.06. The second kappa shape index (κ2) is 10.8. The van der Waals surface area contributed by atoms with Crippen LogP contribution in [0.2, 0.25) is 10.0 Å². The van der Waals surface area contributed by atoms with E-state index in [1.165, 1.54) is 4.90 Å². The van der Waals surface area contributed by atoms with Crippen LogP contribution in [0.25, 0.3) is 0 Å². The maximum absolute atomic E-state index is 13.7. The molecule has 33 heavy (non-hydrogen) atoms. The monoisotopic (exact) mass is 553 g/mol. The Morgan fingerprint density at radius 3 is 2.27 bits per heavy atom. The number of urea groups is 1. The Bertz CT molecular complexity index is 1040. The van der Waals surface area contributed by atoms with Gasteiger partial charge < -0.3 is 16.4 Å². The van der Waals surface area contributed by atoms with Gasteiger partial charge in [-0.25, -0.2) is 9.69 Å². The molecule has 2 aromatic rings. The third-order valence-corrected chi connectivity index (χ3v) is 6.55. The van der Waals surface area contributed by atoms with E-state index in [9.17, 15) is 9.59 Å². The van der Waals surface area contributed by atoms with Crippen molar-refractivity contribution in [1.82, 2.24) is 4.90 Å². The number of aliphatic imine (C=N–C) groups is 1. The van der Waals surface area contributed by atoms with Gasteiger partial charge in [0.25, 0.3) is 5.91 Å². The maximum atomic E-state index is 13.7. The van der Waals surface area contributed by atoms with Crippen LogP contribution in [0.1, 0.15) is 31.7 Å². The highest BCUT2D eigenvalue weighted by atomic mass is 79.9. The van der Waals surface area contributed by atoms with Gasteiger partial charge in [0.05, 0.1) is 5.69 Å². The molecular formula is C23H26BrCl2N5O2. The Hall–Kier alpha value is -2.29. The number of halogens is 3. The maximum Gasteiger partial charge on any atom is 0.332 e. The van der Waals surface area contributed by atoms with Gasteiger partial charge in [0.2, 0.25) is 0 Å². The third kappa shape index (κ3) is 5.99. The van der Waals surface area contributed by atoms with Gasteiger partial charge in [-0.15, -0.1) is 0 Å². The molecule has 1 saturated heterocycles. The standard InChI is InChI=1S/C23H26BrCl2N5O2/c1-23(14-15-5-7-16(24)8-6-15)20(32)31(19-12-17(25)11-18(26)13-19)22(33)30(23)10-4-2-3-9-29-21(27)28/h5-8,11-13H,2-4,9-10,14H2,1H3,(H4,27,28,29). The molecule has 3 amide bonds. The molecule has 3 rings (SSSR count). The van der Waals surface area contributed by atoms with Gasteiger partial charge in [0.15, 0.2) is 5.96 Å². The van der Waals surface area contributed by atoms with Crippen molar-refractivity contribution in [2.24, 2.45) is 16.5 Å². The van der Waals surface area contributed by atoms with Crippen molar-refractivity contribution >= 4 is 62.7 Å². The molecule has 2 aromatic carbocycles. The predicted molar refractivity (Wildman–Crippen MR) is 137 cm³/mol. The number of unbranched alkanes of at least 4 members (excludes halogenated alkanes) is 2. The van der Waals surface area contributed by atoms with Crippen molar-refractivity contribution < 1.29 is 9.59 Å². The highest BCUT2D eigenvalue weighted by molar-refractivity contribution is 9.10. The van der Waals surface area contributed by atoms with Crippen LogP contribution in [0.15, 0.2) is 51.9 Å². The SMILES string of the molecule is CC1(Cc2ccc(Br)cc2)C(=O)N(c2cc(Cl)cc(Cl)c2)C(=O)N1CCCCCN=C(N)N. The lowest BCUT2D eigenvalue weighted by molar-refractivity contribution is -0.124. The van der Waals surface area contributed by atoms with Crippen molar-refractivity contribution in [3.8, 4) is 0 Å². The summed E-state index contributed by atoms with van der Waals surface area (Å²) in [6, 6.07) is 12.0. The Morgan fingerprint density at radius 1 is 1.03 bits per heavy atom. The van der Waals surface area contributed by atoms with Gasteiger partial charge in [-0.2, -0.15) is 0 Å². The van der Waals surface area contributed by atoms with Crippen LogP contribution in [-0.2, 0) is 11.2 Å². The van der Waals surface area contributed by atoms with Gasteiger partial charge in [-0.05, 0) is 62.1 Å². The van der Waals surface area contributed by atoms with E-state index in [1.54, 1.807) is 30.0 Å². The van der Waals surface area contributed by atoms with Crippen LogP contribution in [0.5, 0.6) is 0 Å². The number of amides is 3. The molecule has 176 valence electrons. The second-order valence-electron chi connectivity index (χ2n) is 8.15. The number of hydrogen-bond acceptors (Lipinski definition) is 3. The Balaban J connectivity index is 1.86. The van der Waals surface area contributed by atoms with E-state index >= 15 is 0 Å². The van der Waals surface area contributed by atoms with E-state index in [0.29, 0.717) is 41.7 Å². The summed E-state index contributed by atoms with van der Waals surface area (Å²) in [5.74, 6) is -0.248. The molecule has 7 nitrogen and oxygen atoms in total. The predicted octanol–water partition coefficient (Wildman–Crippen LogP) is 4.97. The molecule has 1 atom stereocenters. The van der Waals surface area contributed by atoms with Gasteiger partial charge in [0.1, 0.15) is 5.54 Å². The number of carbonyl (C=O) groups is 2. The van der Waals surface area contributed by atoms with E-state index in [4.69, 9.17) is 34.7 Å². The summed E-state index contributed by atoms with van der Waals surface area (Å²) in [6.07, 6.45) is 2.68. The van der Waals surface area contributed by atoms with E-state index < -0.39 is 5.54 Å². The minimum absolute atomic E-state index is 0.0632. The zero-order chi connectivity index (χ0) is 24.2. The first kappa shape index (κ1) is 25.3. The molecule has 1 unspecified atom stereocenters. The van der Waals surface area contributed by atoms with Gasteiger partial charge in [0, 0.05) is 34.0 Å². The molecule has 0 saturated carbocycles. The van der Waals surface area contributed by atoms with E-state index in [-0.39, 0.29) is 17.9 Å². The molecule has 1 aliphatic heterocycles. The summed E-state index contributed by atoms with van der Waals surface area (Å²) in [4.78, 5) is 34.0. The number of benzene rings is 2. The number of carbonyl (C=O) groups excluding carboxylic acids is 2. The number of rotatable bonds is 9. The number of nitrogens with zero attached hydrogens (tertiary/aromatic N) is 3. The summed E-state index contributed by atoms with van der Waals surface area (Å²) in [6.45, 7) is 2.75. The zero-order valence-electron chi connectivity index (χ0n) is 18.2. The number of anilines is 1. The second-order valence-corrected chi connectivity index (χ2v) is 9.94. The van der Waals surface area contributed by atoms with Crippen LogP contribution < -0.4 is 16.4 Å². The summed E-state index contributed by atoms with van der Waals surface area (Å²) < 4.78 is 0.943. The van der Waals surface area contributed by atoms with Crippen LogP contribution >= 0.6 is 39.1 Å². The van der Waals surface area contributed by atoms with Crippen molar-refractivity contribution in [3.05, 3.63) is 62.5 Å². The molecule has 1 aliphatic rings. The molecule has 0 radical (unpaired) electrons. The zero-order valence-corrected chi connectivity index (χ0v) is 21.3. The fourth-order valence-electron chi connectivity index (χ4n) is 3.95. The smallest absolute Gasteiger partial charge is 0.332 e. The summed E-state index contributed by atoms with van der Waals surface area (Å²) in [7, 11) is 0. The normalized spacial score (nSPS) is 18.2. The van der Waals surface area contributed by atoms with Crippen molar-refractivity contribution in [2.45, 2.75) is 38.1 Å². The minimum Gasteiger partial charge on any atom is -0.370 e. The summed E-state index contributed by atoms with van der Waals surface area (Å²) >= 11 is 15.7. The molecule has 0 aliphatic carbocycles. The first-order valence-electron chi connectivity index (χ1n) is 10.5. The first-order valence-corrected chi connectivity index (χ1v) is 12.1.